The Morgan fingerprint density at radius 2 is 1.32 bits per heavy atom. The van der Waals surface area contributed by atoms with Gasteiger partial charge in [-0.3, -0.25) is 20.4 Å². The highest BCUT2D eigenvalue weighted by molar-refractivity contribution is 9.10. The van der Waals surface area contributed by atoms with Gasteiger partial charge in [0, 0.05) is 22.1 Å². The van der Waals surface area contributed by atoms with Gasteiger partial charge < -0.3 is 22.1 Å². The van der Waals surface area contributed by atoms with Gasteiger partial charge in [0.15, 0.2) is 0 Å². The summed E-state index contributed by atoms with van der Waals surface area (Å²) in [4.78, 5) is 27.5. The third-order valence-corrected chi connectivity index (χ3v) is 8.26. The van der Waals surface area contributed by atoms with Gasteiger partial charge in [-0.15, -0.1) is 0 Å². The van der Waals surface area contributed by atoms with E-state index in [0.29, 0.717) is 24.1 Å². The second kappa shape index (κ2) is 14.1. The topological polar surface area (TPSA) is 158 Å². The minimum Gasteiger partial charge on any atom is -0.384 e. The summed E-state index contributed by atoms with van der Waals surface area (Å²) in [7, 11) is 0. The van der Waals surface area contributed by atoms with Crippen LogP contribution in [0.3, 0.4) is 0 Å². The van der Waals surface area contributed by atoms with Gasteiger partial charge in [0.1, 0.15) is 17.7 Å². The van der Waals surface area contributed by atoms with Crippen molar-refractivity contribution in [2.75, 3.05) is 0 Å². The maximum absolute atomic E-state index is 14.0. The molecule has 0 saturated heterocycles. The molecule has 0 radical (unpaired) electrons. The molecule has 3 aromatic rings. The van der Waals surface area contributed by atoms with Crippen molar-refractivity contribution in [2.24, 2.45) is 17.4 Å². The van der Waals surface area contributed by atoms with Crippen LogP contribution in [-0.2, 0) is 22.6 Å². The number of hydrogen-bond donors (Lipinski definition) is 6. The molecule has 0 heterocycles. The number of nitrogens with one attached hydrogen (secondary N) is 4. The van der Waals surface area contributed by atoms with E-state index < -0.39 is 12.0 Å². The second-order valence-electron chi connectivity index (χ2n) is 10.6. The predicted octanol–water partition coefficient (Wildman–Crippen LogP) is 4.73. The van der Waals surface area contributed by atoms with Gasteiger partial charge in [0.25, 0.3) is 0 Å². The second-order valence-corrected chi connectivity index (χ2v) is 11.5. The molecule has 214 valence electrons. The Balaban J connectivity index is 1.53. The van der Waals surface area contributed by atoms with E-state index in [1.54, 1.807) is 24.3 Å². The average molecular weight is 618 g/mol. The lowest BCUT2D eigenvalue weighted by Crippen LogP contribution is -2.52. The van der Waals surface area contributed by atoms with E-state index in [-0.39, 0.29) is 29.4 Å². The van der Waals surface area contributed by atoms with Crippen LogP contribution in [0.2, 0.25) is 0 Å². The minimum absolute atomic E-state index is 0.00390. The van der Waals surface area contributed by atoms with Crippen LogP contribution >= 0.6 is 15.9 Å². The Morgan fingerprint density at radius 1 is 0.780 bits per heavy atom. The number of nitrogens with two attached hydrogens (primary N) is 2. The van der Waals surface area contributed by atoms with E-state index in [1.165, 1.54) is 0 Å². The van der Waals surface area contributed by atoms with E-state index >= 15 is 0 Å². The first-order chi connectivity index (χ1) is 19.7. The zero-order valence-corrected chi connectivity index (χ0v) is 24.5. The smallest absolute Gasteiger partial charge is 0.243 e. The van der Waals surface area contributed by atoms with Gasteiger partial charge in [-0.25, -0.2) is 0 Å². The lowest BCUT2D eigenvalue weighted by molar-refractivity contribution is -0.131. The quantitative estimate of drug-likeness (QED) is 0.136. The van der Waals surface area contributed by atoms with E-state index in [1.807, 2.05) is 48.5 Å². The third-order valence-electron chi connectivity index (χ3n) is 7.73. The predicted molar refractivity (Wildman–Crippen MR) is 166 cm³/mol. The SMILES string of the molecule is N=C(N)c1ccc(CNC(=O)[C@@H](NC(=O)C(Cc2ccc(C(=N)N)cc2)c2ccc(Br)cc2)C2CCCCC2)cc1. The Morgan fingerprint density at radius 3 is 1.85 bits per heavy atom. The molecule has 1 aliphatic carbocycles. The maximum atomic E-state index is 14.0. The summed E-state index contributed by atoms with van der Waals surface area (Å²) in [6, 6.07) is 21.6. The molecule has 4 rings (SSSR count). The molecular formula is C32H37BrN6O2. The number of benzene rings is 3. The lowest BCUT2D eigenvalue weighted by Gasteiger charge is -2.31. The zero-order chi connectivity index (χ0) is 29.4. The first-order valence-corrected chi connectivity index (χ1v) is 14.7. The van der Waals surface area contributed by atoms with Crippen LogP contribution in [0, 0.1) is 16.7 Å². The van der Waals surface area contributed by atoms with Crippen molar-refractivity contribution in [3.05, 3.63) is 105 Å². The molecule has 3 aromatic carbocycles. The Hall–Kier alpha value is -3.98. The fourth-order valence-corrected chi connectivity index (χ4v) is 5.60. The molecule has 41 heavy (non-hydrogen) atoms. The summed E-state index contributed by atoms with van der Waals surface area (Å²) in [6.07, 6.45) is 5.43. The fourth-order valence-electron chi connectivity index (χ4n) is 5.33. The van der Waals surface area contributed by atoms with Crippen molar-refractivity contribution in [2.45, 2.75) is 57.0 Å². The number of rotatable bonds is 11. The van der Waals surface area contributed by atoms with E-state index in [4.69, 9.17) is 22.3 Å². The Kier molecular flexibility index (Phi) is 10.3. The van der Waals surface area contributed by atoms with Crippen molar-refractivity contribution in [3.8, 4) is 0 Å². The summed E-state index contributed by atoms with van der Waals surface area (Å²) >= 11 is 3.48. The zero-order valence-electron chi connectivity index (χ0n) is 23.0. The fraction of sp³-hybridized carbons (Fsp3) is 0.312. The summed E-state index contributed by atoms with van der Waals surface area (Å²) in [5, 5.41) is 21.4. The van der Waals surface area contributed by atoms with Gasteiger partial charge in [-0.05, 0) is 54.0 Å². The minimum atomic E-state index is -0.641. The number of amides is 2. The van der Waals surface area contributed by atoms with Crippen molar-refractivity contribution in [1.82, 2.24) is 10.6 Å². The molecule has 8 nitrogen and oxygen atoms in total. The third kappa shape index (κ3) is 8.27. The van der Waals surface area contributed by atoms with Crippen LogP contribution in [0.5, 0.6) is 0 Å². The van der Waals surface area contributed by atoms with Crippen LogP contribution in [0.15, 0.2) is 77.3 Å². The first-order valence-electron chi connectivity index (χ1n) is 13.9. The van der Waals surface area contributed by atoms with E-state index in [9.17, 15) is 9.59 Å². The van der Waals surface area contributed by atoms with Gasteiger partial charge in [0.2, 0.25) is 11.8 Å². The number of carbonyl (C=O) groups is 2. The summed E-state index contributed by atoms with van der Waals surface area (Å²) in [6.45, 7) is 0.314. The van der Waals surface area contributed by atoms with Crippen LogP contribution in [0.1, 0.15) is 65.8 Å². The molecule has 0 aliphatic heterocycles. The molecule has 2 amide bonds. The first kappa shape index (κ1) is 30.0. The molecule has 1 unspecified atom stereocenters. The van der Waals surface area contributed by atoms with Gasteiger partial charge in [0.05, 0.1) is 5.92 Å². The Labute approximate surface area is 249 Å². The van der Waals surface area contributed by atoms with E-state index in [0.717, 1.165) is 53.3 Å². The average Bonchev–Trinajstić information content (AvgIpc) is 2.98. The summed E-state index contributed by atoms with van der Waals surface area (Å²) in [5.41, 5.74) is 15.1. The monoisotopic (exact) mass is 616 g/mol. The molecule has 9 heteroatoms. The molecule has 0 spiro atoms. The molecule has 2 atom stereocenters. The highest BCUT2D eigenvalue weighted by Crippen LogP contribution is 2.29. The number of halogens is 1. The van der Waals surface area contributed by atoms with Crippen molar-refractivity contribution < 1.29 is 9.59 Å². The highest BCUT2D eigenvalue weighted by Gasteiger charge is 2.33. The molecule has 1 saturated carbocycles. The van der Waals surface area contributed by atoms with Gasteiger partial charge in [-0.1, -0.05) is 95.9 Å². The van der Waals surface area contributed by atoms with Crippen LogP contribution < -0.4 is 22.1 Å². The standard InChI is InChI=1S/C32H37BrN6O2/c33-26-16-14-22(15-17-26)27(18-20-6-10-24(11-7-20)29(34)35)31(40)39-28(23-4-2-1-3-5-23)32(41)38-19-21-8-12-25(13-9-21)30(36)37/h6-17,23,27-28H,1-5,18-19H2,(H3,34,35)(H3,36,37)(H,38,41)(H,39,40)/t27?,28-/m0/s1. The van der Waals surface area contributed by atoms with Crippen LogP contribution in [0.4, 0.5) is 0 Å². The van der Waals surface area contributed by atoms with Crippen LogP contribution in [-0.4, -0.2) is 29.5 Å². The molecular weight excluding hydrogens is 580 g/mol. The van der Waals surface area contributed by atoms with Crippen LogP contribution in [0.25, 0.3) is 0 Å². The van der Waals surface area contributed by atoms with E-state index in [2.05, 4.69) is 26.6 Å². The van der Waals surface area contributed by atoms with Crippen molar-refractivity contribution in [3.63, 3.8) is 0 Å². The number of nitrogen functional groups attached to an aromatic ring is 2. The molecule has 8 N–H and O–H groups in total. The number of carbonyl (C=O) groups excluding carboxylic acids is 2. The van der Waals surface area contributed by atoms with Gasteiger partial charge >= 0.3 is 0 Å². The number of hydrogen-bond acceptors (Lipinski definition) is 4. The summed E-state index contributed by atoms with van der Waals surface area (Å²) < 4.78 is 0.919. The van der Waals surface area contributed by atoms with Crippen molar-refractivity contribution >= 4 is 39.4 Å². The molecule has 1 aliphatic rings. The van der Waals surface area contributed by atoms with Gasteiger partial charge in [-0.2, -0.15) is 0 Å². The molecule has 0 bridgehead atoms. The highest BCUT2D eigenvalue weighted by atomic mass is 79.9. The van der Waals surface area contributed by atoms with Crippen molar-refractivity contribution in [1.29, 1.82) is 10.8 Å². The molecule has 1 fully saturated rings. The maximum Gasteiger partial charge on any atom is 0.243 e. The number of amidine groups is 2. The normalized spacial score (nSPS) is 15.0. The lowest BCUT2D eigenvalue weighted by atomic mass is 9.82. The summed E-state index contributed by atoms with van der Waals surface area (Å²) in [5.74, 6) is -0.844. The Bertz CT molecular complexity index is 1370. The molecule has 0 aromatic heterocycles. The largest absolute Gasteiger partial charge is 0.384 e.